The molecule has 2 aromatic carbocycles. The van der Waals surface area contributed by atoms with E-state index in [1.165, 1.54) is 12.1 Å². The van der Waals surface area contributed by atoms with Crippen molar-refractivity contribution in [3.05, 3.63) is 65.5 Å². The minimum Gasteiger partial charge on any atom is -0.497 e. The number of rotatable bonds is 7. The van der Waals surface area contributed by atoms with Crippen LogP contribution in [0.15, 0.2) is 48.5 Å². The van der Waals surface area contributed by atoms with E-state index in [2.05, 4.69) is 5.32 Å². The van der Waals surface area contributed by atoms with Crippen molar-refractivity contribution in [3.63, 3.8) is 0 Å². The highest BCUT2D eigenvalue weighted by molar-refractivity contribution is 5.78. The van der Waals surface area contributed by atoms with Gasteiger partial charge in [0.25, 0.3) is 0 Å². The van der Waals surface area contributed by atoms with Crippen molar-refractivity contribution >= 4 is 5.91 Å². The number of amides is 1. The Balaban J connectivity index is 1.83. The van der Waals surface area contributed by atoms with Crippen LogP contribution in [0.1, 0.15) is 24.1 Å². The van der Waals surface area contributed by atoms with Gasteiger partial charge in [0, 0.05) is 6.54 Å². The molecule has 1 amide bonds. The van der Waals surface area contributed by atoms with E-state index < -0.39 is 0 Å². The van der Waals surface area contributed by atoms with Crippen LogP contribution in [0.2, 0.25) is 0 Å². The summed E-state index contributed by atoms with van der Waals surface area (Å²) in [5, 5.41) is 2.93. The van der Waals surface area contributed by atoms with E-state index in [1.807, 2.05) is 43.1 Å². The van der Waals surface area contributed by atoms with Crippen molar-refractivity contribution < 1.29 is 13.9 Å². The van der Waals surface area contributed by atoms with Crippen LogP contribution in [-0.4, -0.2) is 31.5 Å². The summed E-state index contributed by atoms with van der Waals surface area (Å²) in [4.78, 5) is 14.1. The molecule has 1 unspecified atom stereocenters. The number of hydrogen-bond donors (Lipinski definition) is 1. The average molecular weight is 330 g/mol. The molecule has 1 atom stereocenters. The molecular weight excluding hydrogens is 307 g/mol. The average Bonchev–Trinajstić information content (AvgIpc) is 2.55. The fourth-order valence-electron chi connectivity index (χ4n) is 2.47. The van der Waals surface area contributed by atoms with Crippen molar-refractivity contribution in [2.75, 3.05) is 20.7 Å². The van der Waals surface area contributed by atoms with Crippen molar-refractivity contribution in [3.8, 4) is 5.75 Å². The molecule has 0 spiro atoms. The molecule has 0 bridgehead atoms. The Kier molecular flexibility index (Phi) is 6.32. The van der Waals surface area contributed by atoms with Crippen LogP contribution in [0.3, 0.4) is 0 Å². The second kappa shape index (κ2) is 8.45. The Hall–Kier alpha value is -2.40. The fourth-order valence-corrected chi connectivity index (χ4v) is 2.47. The number of nitrogens with one attached hydrogen (secondary N) is 1. The highest BCUT2D eigenvalue weighted by Crippen LogP contribution is 2.14. The maximum absolute atomic E-state index is 12.9. The maximum atomic E-state index is 12.9. The molecule has 0 aromatic heterocycles. The smallest absolute Gasteiger partial charge is 0.234 e. The molecule has 2 rings (SSSR count). The minimum absolute atomic E-state index is 0.0668. The molecular formula is C19H23FN2O2. The van der Waals surface area contributed by atoms with Gasteiger partial charge in [-0.25, -0.2) is 4.39 Å². The zero-order chi connectivity index (χ0) is 17.5. The van der Waals surface area contributed by atoms with Gasteiger partial charge in [0.15, 0.2) is 0 Å². The number of carbonyl (C=O) groups excluding carboxylic acids is 1. The lowest BCUT2D eigenvalue weighted by molar-refractivity contribution is -0.122. The number of carbonyl (C=O) groups is 1. The molecule has 0 saturated heterocycles. The molecule has 0 aliphatic heterocycles. The summed E-state index contributed by atoms with van der Waals surface area (Å²) in [5.41, 5.74) is 1.99. The SMILES string of the molecule is COc1ccc(CN(C)CC(=O)NC(C)c2ccc(F)cc2)cc1. The Morgan fingerprint density at radius 1 is 1.17 bits per heavy atom. The standard InChI is InChI=1S/C19H23FN2O2/c1-14(16-6-8-17(20)9-7-16)21-19(23)13-22(2)12-15-4-10-18(24-3)11-5-15/h4-11,14H,12-13H2,1-3H3,(H,21,23). The summed E-state index contributed by atoms with van der Waals surface area (Å²) < 4.78 is 18.1. The quantitative estimate of drug-likeness (QED) is 0.848. The molecule has 4 nitrogen and oxygen atoms in total. The van der Waals surface area contributed by atoms with E-state index >= 15 is 0 Å². The third-order valence-corrected chi connectivity index (χ3v) is 3.77. The Morgan fingerprint density at radius 2 is 1.79 bits per heavy atom. The van der Waals surface area contributed by atoms with Crippen molar-refractivity contribution in [2.24, 2.45) is 0 Å². The number of methoxy groups -OCH3 is 1. The van der Waals surface area contributed by atoms with E-state index in [9.17, 15) is 9.18 Å². The third-order valence-electron chi connectivity index (χ3n) is 3.77. The Labute approximate surface area is 142 Å². The number of ether oxygens (including phenoxy) is 1. The predicted molar refractivity (Wildman–Crippen MR) is 92.3 cm³/mol. The van der Waals surface area contributed by atoms with Gasteiger partial charge in [-0.1, -0.05) is 24.3 Å². The number of likely N-dealkylation sites (N-methyl/N-ethyl adjacent to an activating group) is 1. The van der Waals surface area contributed by atoms with E-state index in [0.717, 1.165) is 16.9 Å². The predicted octanol–water partition coefficient (Wildman–Crippen LogP) is 3.14. The molecule has 128 valence electrons. The lowest BCUT2D eigenvalue weighted by atomic mass is 10.1. The first kappa shape index (κ1) is 17.9. The van der Waals surface area contributed by atoms with Gasteiger partial charge in [-0.15, -0.1) is 0 Å². The number of benzene rings is 2. The zero-order valence-electron chi connectivity index (χ0n) is 14.3. The van der Waals surface area contributed by atoms with Crippen LogP contribution < -0.4 is 10.1 Å². The monoisotopic (exact) mass is 330 g/mol. The first-order chi connectivity index (χ1) is 11.5. The second-order valence-electron chi connectivity index (χ2n) is 5.86. The van der Waals surface area contributed by atoms with Crippen LogP contribution >= 0.6 is 0 Å². The summed E-state index contributed by atoms with van der Waals surface area (Å²) in [5.74, 6) is 0.464. The molecule has 1 N–H and O–H groups in total. The van der Waals surface area contributed by atoms with Crippen LogP contribution in [0.5, 0.6) is 5.75 Å². The van der Waals surface area contributed by atoms with E-state index in [1.54, 1.807) is 19.2 Å². The Morgan fingerprint density at radius 3 is 2.38 bits per heavy atom. The van der Waals surface area contributed by atoms with Gasteiger partial charge in [-0.2, -0.15) is 0 Å². The lowest BCUT2D eigenvalue weighted by Gasteiger charge is -2.19. The van der Waals surface area contributed by atoms with Crippen molar-refractivity contribution in [2.45, 2.75) is 19.5 Å². The summed E-state index contributed by atoms with van der Waals surface area (Å²) >= 11 is 0. The molecule has 2 aromatic rings. The molecule has 0 aliphatic carbocycles. The van der Waals surface area contributed by atoms with Crippen molar-refractivity contribution in [1.29, 1.82) is 0 Å². The number of nitrogens with zero attached hydrogens (tertiary/aromatic N) is 1. The van der Waals surface area contributed by atoms with Crippen LogP contribution in [0.25, 0.3) is 0 Å². The summed E-state index contributed by atoms with van der Waals surface area (Å²) in [6.07, 6.45) is 0. The van der Waals surface area contributed by atoms with Gasteiger partial charge in [0.05, 0.1) is 19.7 Å². The van der Waals surface area contributed by atoms with E-state index in [-0.39, 0.29) is 24.3 Å². The number of hydrogen-bond acceptors (Lipinski definition) is 3. The van der Waals surface area contributed by atoms with E-state index in [0.29, 0.717) is 6.54 Å². The lowest BCUT2D eigenvalue weighted by Crippen LogP contribution is -2.36. The van der Waals surface area contributed by atoms with Gasteiger partial charge < -0.3 is 10.1 Å². The van der Waals surface area contributed by atoms with Crippen LogP contribution in [-0.2, 0) is 11.3 Å². The molecule has 0 heterocycles. The topological polar surface area (TPSA) is 41.6 Å². The van der Waals surface area contributed by atoms with Crippen molar-refractivity contribution in [1.82, 2.24) is 10.2 Å². The van der Waals surface area contributed by atoms with Crippen LogP contribution in [0, 0.1) is 5.82 Å². The second-order valence-corrected chi connectivity index (χ2v) is 5.86. The largest absolute Gasteiger partial charge is 0.497 e. The van der Waals surface area contributed by atoms with Gasteiger partial charge in [-0.05, 0) is 49.4 Å². The molecule has 0 radical (unpaired) electrons. The van der Waals surface area contributed by atoms with Gasteiger partial charge in [-0.3, -0.25) is 9.69 Å². The summed E-state index contributed by atoms with van der Waals surface area (Å²) in [6, 6.07) is 13.8. The minimum atomic E-state index is -0.281. The highest BCUT2D eigenvalue weighted by Gasteiger charge is 2.12. The molecule has 0 aliphatic rings. The third kappa shape index (κ3) is 5.35. The highest BCUT2D eigenvalue weighted by atomic mass is 19.1. The normalized spacial score (nSPS) is 12.0. The Bertz CT molecular complexity index is 656. The van der Waals surface area contributed by atoms with E-state index in [4.69, 9.17) is 4.74 Å². The molecule has 0 saturated carbocycles. The first-order valence-electron chi connectivity index (χ1n) is 7.84. The van der Waals surface area contributed by atoms with Gasteiger partial charge >= 0.3 is 0 Å². The zero-order valence-corrected chi connectivity index (χ0v) is 14.3. The fraction of sp³-hybridized carbons (Fsp3) is 0.316. The number of halogens is 1. The maximum Gasteiger partial charge on any atom is 0.234 e. The van der Waals surface area contributed by atoms with Gasteiger partial charge in [0.2, 0.25) is 5.91 Å². The molecule has 0 fully saturated rings. The summed E-state index contributed by atoms with van der Waals surface area (Å²) in [7, 11) is 3.53. The summed E-state index contributed by atoms with van der Waals surface area (Å²) in [6.45, 7) is 2.84. The molecule has 5 heteroatoms. The van der Waals surface area contributed by atoms with Crippen LogP contribution in [0.4, 0.5) is 4.39 Å². The van der Waals surface area contributed by atoms with Gasteiger partial charge in [0.1, 0.15) is 11.6 Å². The molecule has 24 heavy (non-hydrogen) atoms. The first-order valence-corrected chi connectivity index (χ1v) is 7.84.